The molecular formula is C13H20O5. The van der Waals surface area contributed by atoms with Gasteiger partial charge < -0.3 is 14.6 Å². The van der Waals surface area contributed by atoms with E-state index in [1.54, 1.807) is 12.2 Å². The molecule has 5 nitrogen and oxygen atoms in total. The third kappa shape index (κ3) is 4.14. The molecule has 0 saturated carbocycles. The van der Waals surface area contributed by atoms with Crippen LogP contribution in [-0.4, -0.2) is 35.4 Å². The summed E-state index contributed by atoms with van der Waals surface area (Å²) in [4.78, 5) is 21.9. The quantitative estimate of drug-likeness (QED) is 0.611. The summed E-state index contributed by atoms with van der Waals surface area (Å²) in [7, 11) is 0. The first-order valence-corrected chi connectivity index (χ1v) is 5.93. The molecule has 1 aliphatic carbocycles. The van der Waals surface area contributed by atoms with Crippen LogP contribution in [0.4, 0.5) is 0 Å². The predicted molar refractivity (Wildman–Crippen MR) is 65.0 cm³/mol. The van der Waals surface area contributed by atoms with Crippen molar-refractivity contribution in [3.63, 3.8) is 0 Å². The number of carbonyl (C=O) groups excluding carboxylic acids is 1. The van der Waals surface area contributed by atoms with Crippen molar-refractivity contribution in [1.82, 2.24) is 0 Å². The van der Waals surface area contributed by atoms with Gasteiger partial charge >= 0.3 is 11.9 Å². The van der Waals surface area contributed by atoms with Crippen molar-refractivity contribution in [2.24, 2.45) is 11.8 Å². The lowest BCUT2D eigenvalue weighted by Gasteiger charge is -2.31. The Kier molecular flexibility index (Phi) is 4.51. The molecule has 0 saturated heterocycles. The SMILES string of the molecule is CC(=O)OC[C@@H]1C=C[C@H](C(=O)O)[C@H]1OC(C)(C)C. The normalized spacial score (nSPS) is 27.2. The van der Waals surface area contributed by atoms with Gasteiger partial charge in [0.1, 0.15) is 12.5 Å². The van der Waals surface area contributed by atoms with E-state index in [0.717, 1.165) is 0 Å². The van der Waals surface area contributed by atoms with Gasteiger partial charge in [-0.15, -0.1) is 0 Å². The lowest BCUT2D eigenvalue weighted by Crippen LogP contribution is -2.39. The van der Waals surface area contributed by atoms with E-state index in [-0.39, 0.29) is 18.5 Å². The van der Waals surface area contributed by atoms with Gasteiger partial charge in [0.2, 0.25) is 0 Å². The standard InChI is InChI=1S/C13H20O5/c1-8(14)17-7-9-5-6-10(12(15)16)11(9)18-13(2,3)4/h5-6,9-11H,7H2,1-4H3,(H,15,16)/t9-,10-,11-/m0/s1. The third-order valence-electron chi connectivity index (χ3n) is 2.60. The first-order chi connectivity index (χ1) is 8.20. The summed E-state index contributed by atoms with van der Waals surface area (Å²) >= 11 is 0. The molecule has 0 spiro atoms. The molecule has 0 heterocycles. The first-order valence-electron chi connectivity index (χ1n) is 5.93. The Balaban J connectivity index is 2.74. The van der Waals surface area contributed by atoms with Crippen molar-refractivity contribution in [2.45, 2.75) is 39.4 Å². The number of esters is 1. The predicted octanol–water partition coefficient (Wildman–Crippen LogP) is 1.62. The molecule has 0 aromatic heterocycles. The summed E-state index contributed by atoms with van der Waals surface area (Å²) in [5.41, 5.74) is -0.446. The van der Waals surface area contributed by atoms with Crippen molar-refractivity contribution >= 4 is 11.9 Å². The average Bonchev–Trinajstić information content (AvgIpc) is 2.55. The number of aliphatic carboxylic acids is 1. The van der Waals surface area contributed by atoms with Gasteiger partial charge in [0.25, 0.3) is 0 Å². The highest BCUT2D eigenvalue weighted by Crippen LogP contribution is 2.31. The molecule has 0 radical (unpaired) electrons. The summed E-state index contributed by atoms with van der Waals surface area (Å²) in [5, 5.41) is 9.14. The molecule has 1 aliphatic rings. The van der Waals surface area contributed by atoms with E-state index in [9.17, 15) is 9.59 Å². The van der Waals surface area contributed by atoms with Gasteiger partial charge in [0.15, 0.2) is 0 Å². The largest absolute Gasteiger partial charge is 0.481 e. The van der Waals surface area contributed by atoms with Crippen LogP contribution in [0.3, 0.4) is 0 Å². The molecular weight excluding hydrogens is 236 g/mol. The molecule has 0 aliphatic heterocycles. The highest BCUT2D eigenvalue weighted by Gasteiger charge is 2.39. The van der Waals surface area contributed by atoms with E-state index in [1.807, 2.05) is 20.8 Å². The zero-order valence-corrected chi connectivity index (χ0v) is 11.2. The second-order valence-electron chi connectivity index (χ2n) is 5.41. The van der Waals surface area contributed by atoms with Gasteiger partial charge in [-0.3, -0.25) is 9.59 Å². The highest BCUT2D eigenvalue weighted by molar-refractivity contribution is 5.74. The van der Waals surface area contributed by atoms with E-state index < -0.39 is 23.6 Å². The monoisotopic (exact) mass is 256 g/mol. The van der Waals surface area contributed by atoms with Crippen molar-refractivity contribution in [3.8, 4) is 0 Å². The molecule has 102 valence electrons. The number of ether oxygens (including phenoxy) is 2. The zero-order chi connectivity index (χ0) is 13.9. The van der Waals surface area contributed by atoms with Crippen LogP contribution in [0.15, 0.2) is 12.2 Å². The van der Waals surface area contributed by atoms with Crippen LogP contribution in [0, 0.1) is 11.8 Å². The van der Waals surface area contributed by atoms with Crippen LogP contribution in [-0.2, 0) is 19.1 Å². The van der Waals surface area contributed by atoms with Crippen LogP contribution in [0.2, 0.25) is 0 Å². The number of hydrogen-bond acceptors (Lipinski definition) is 4. The Morgan fingerprint density at radius 2 is 1.89 bits per heavy atom. The minimum atomic E-state index is -0.925. The summed E-state index contributed by atoms with van der Waals surface area (Å²) < 4.78 is 10.7. The molecule has 5 heteroatoms. The van der Waals surface area contributed by atoms with E-state index in [0.29, 0.717) is 0 Å². The van der Waals surface area contributed by atoms with Gasteiger partial charge in [-0.1, -0.05) is 12.2 Å². The van der Waals surface area contributed by atoms with E-state index in [1.165, 1.54) is 6.92 Å². The molecule has 0 fully saturated rings. The Bertz CT molecular complexity index is 353. The fraction of sp³-hybridized carbons (Fsp3) is 0.692. The van der Waals surface area contributed by atoms with Crippen LogP contribution in [0.25, 0.3) is 0 Å². The summed E-state index contributed by atoms with van der Waals surface area (Å²) in [6, 6.07) is 0. The van der Waals surface area contributed by atoms with Crippen LogP contribution < -0.4 is 0 Å². The topological polar surface area (TPSA) is 72.8 Å². The summed E-state index contributed by atoms with van der Waals surface area (Å²) in [6.07, 6.45) is 2.85. The number of carboxylic acids is 1. The summed E-state index contributed by atoms with van der Waals surface area (Å²) in [5.74, 6) is -2.21. The average molecular weight is 256 g/mol. The van der Waals surface area contributed by atoms with E-state index >= 15 is 0 Å². The number of rotatable bonds is 4. The van der Waals surface area contributed by atoms with Crippen molar-refractivity contribution in [1.29, 1.82) is 0 Å². The first kappa shape index (κ1) is 14.7. The minimum Gasteiger partial charge on any atom is -0.481 e. The number of carboxylic acid groups (broad SMARTS) is 1. The Morgan fingerprint density at radius 3 is 2.33 bits per heavy atom. The molecule has 0 bridgehead atoms. The Morgan fingerprint density at radius 1 is 1.28 bits per heavy atom. The second-order valence-corrected chi connectivity index (χ2v) is 5.41. The van der Waals surface area contributed by atoms with Gasteiger partial charge in [-0.25, -0.2) is 0 Å². The van der Waals surface area contributed by atoms with Crippen LogP contribution >= 0.6 is 0 Å². The maximum atomic E-state index is 11.1. The van der Waals surface area contributed by atoms with Crippen molar-refractivity contribution < 1.29 is 24.2 Å². The van der Waals surface area contributed by atoms with Crippen molar-refractivity contribution in [2.75, 3.05) is 6.61 Å². The molecule has 0 amide bonds. The molecule has 1 rings (SSSR count). The molecule has 0 aromatic rings. The van der Waals surface area contributed by atoms with Gasteiger partial charge in [0, 0.05) is 12.8 Å². The zero-order valence-electron chi connectivity index (χ0n) is 11.2. The summed E-state index contributed by atoms with van der Waals surface area (Å²) in [6.45, 7) is 7.08. The van der Waals surface area contributed by atoms with Gasteiger partial charge in [-0.2, -0.15) is 0 Å². The fourth-order valence-electron chi connectivity index (χ4n) is 1.90. The maximum Gasteiger partial charge on any atom is 0.313 e. The smallest absolute Gasteiger partial charge is 0.313 e. The lowest BCUT2D eigenvalue weighted by molar-refractivity contribution is -0.154. The van der Waals surface area contributed by atoms with Crippen LogP contribution in [0.5, 0.6) is 0 Å². The second kappa shape index (κ2) is 5.52. The molecule has 0 unspecified atom stereocenters. The third-order valence-corrected chi connectivity index (χ3v) is 2.60. The Hall–Kier alpha value is -1.36. The highest BCUT2D eigenvalue weighted by atomic mass is 16.5. The van der Waals surface area contributed by atoms with Crippen LogP contribution in [0.1, 0.15) is 27.7 Å². The lowest BCUT2D eigenvalue weighted by atomic mass is 9.98. The molecule has 0 aromatic carbocycles. The Labute approximate surface area is 107 Å². The number of hydrogen-bond donors (Lipinski definition) is 1. The van der Waals surface area contributed by atoms with Gasteiger partial charge in [-0.05, 0) is 20.8 Å². The van der Waals surface area contributed by atoms with E-state index in [4.69, 9.17) is 14.6 Å². The number of carbonyl (C=O) groups is 2. The molecule has 18 heavy (non-hydrogen) atoms. The van der Waals surface area contributed by atoms with Gasteiger partial charge in [0.05, 0.1) is 11.7 Å². The molecule has 1 N–H and O–H groups in total. The van der Waals surface area contributed by atoms with Crippen molar-refractivity contribution in [3.05, 3.63) is 12.2 Å². The van der Waals surface area contributed by atoms with E-state index in [2.05, 4.69) is 0 Å². The molecule has 3 atom stereocenters. The maximum absolute atomic E-state index is 11.1. The fourth-order valence-corrected chi connectivity index (χ4v) is 1.90. The minimum absolute atomic E-state index is 0.149.